The van der Waals surface area contributed by atoms with Crippen LogP contribution in [0.3, 0.4) is 0 Å². The highest BCUT2D eigenvalue weighted by Crippen LogP contribution is 2.66. The molecule has 4 saturated carbocycles. The van der Waals surface area contributed by atoms with Gasteiger partial charge in [-0.3, -0.25) is 19.2 Å². The van der Waals surface area contributed by atoms with E-state index in [4.69, 9.17) is 9.47 Å². The summed E-state index contributed by atoms with van der Waals surface area (Å²) in [6.45, 7) is 6.82. The van der Waals surface area contributed by atoms with Crippen LogP contribution in [0.5, 0.6) is 0 Å². The van der Waals surface area contributed by atoms with E-state index in [9.17, 15) is 19.2 Å². The molecule has 0 aromatic heterocycles. The highest BCUT2D eigenvalue weighted by atomic mass is 16.6. The molecule has 0 aliphatic heterocycles. The number of carbonyl (C=O) groups is 4. The van der Waals surface area contributed by atoms with Crippen molar-refractivity contribution in [2.45, 2.75) is 91.1 Å². The molecule has 31 heavy (non-hydrogen) atoms. The lowest BCUT2D eigenvalue weighted by Crippen LogP contribution is -2.59. The van der Waals surface area contributed by atoms with Gasteiger partial charge in [0.05, 0.1) is 0 Å². The Bertz CT molecular complexity index is 804. The SMILES string of the molecule is CC(=O)OCC(=O)C1(OC(C)=O)CC[C@@]2(C)C(CC[C@@H]3[C@@H]2CC[C@]2(C)C(=O)CC[C@@H]32)C1. The van der Waals surface area contributed by atoms with Gasteiger partial charge in [-0.05, 0) is 80.5 Å². The second-order valence-corrected chi connectivity index (χ2v) is 11.1. The maximum absolute atomic E-state index is 13.1. The van der Waals surface area contributed by atoms with Gasteiger partial charge in [0.1, 0.15) is 5.78 Å². The van der Waals surface area contributed by atoms with Crippen LogP contribution in [0.25, 0.3) is 0 Å². The molecule has 7 atom stereocenters. The molecule has 0 aromatic carbocycles. The second kappa shape index (κ2) is 7.70. The third kappa shape index (κ3) is 3.54. The van der Waals surface area contributed by atoms with Gasteiger partial charge in [0.15, 0.2) is 12.2 Å². The van der Waals surface area contributed by atoms with Crippen molar-refractivity contribution in [3.63, 3.8) is 0 Å². The van der Waals surface area contributed by atoms with E-state index in [1.54, 1.807) is 0 Å². The first kappa shape index (κ1) is 22.5. The highest BCUT2D eigenvalue weighted by molar-refractivity contribution is 5.91. The molecule has 0 spiro atoms. The van der Waals surface area contributed by atoms with Gasteiger partial charge in [-0.2, -0.15) is 0 Å². The Hall–Kier alpha value is -1.72. The lowest BCUT2D eigenvalue weighted by molar-refractivity contribution is -0.189. The van der Waals surface area contributed by atoms with Crippen LogP contribution in [0.15, 0.2) is 0 Å². The third-order valence-electron chi connectivity index (χ3n) is 9.67. The molecule has 0 bridgehead atoms. The first-order chi connectivity index (χ1) is 14.5. The average Bonchev–Trinajstić information content (AvgIpc) is 3.01. The monoisotopic (exact) mass is 432 g/mol. The van der Waals surface area contributed by atoms with Crippen LogP contribution in [0, 0.1) is 34.5 Å². The number of ketones is 2. The lowest BCUT2D eigenvalue weighted by Gasteiger charge is -2.61. The third-order valence-corrected chi connectivity index (χ3v) is 9.67. The fourth-order valence-electron chi connectivity index (χ4n) is 7.98. The molecular weight excluding hydrogens is 396 g/mol. The topological polar surface area (TPSA) is 86.7 Å². The largest absolute Gasteiger partial charge is 0.458 e. The number of esters is 2. The van der Waals surface area contributed by atoms with Gasteiger partial charge in [-0.15, -0.1) is 0 Å². The predicted molar refractivity (Wildman–Crippen MR) is 113 cm³/mol. The maximum atomic E-state index is 13.1. The summed E-state index contributed by atoms with van der Waals surface area (Å²) in [5.74, 6) is 1.07. The van der Waals surface area contributed by atoms with Crippen molar-refractivity contribution in [1.29, 1.82) is 0 Å². The molecule has 4 aliphatic carbocycles. The van der Waals surface area contributed by atoms with Crippen molar-refractivity contribution >= 4 is 23.5 Å². The number of fused-ring (bicyclic) bond motifs is 5. The molecule has 0 aromatic rings. The Kier molecular flexibility index (Phi) is 5.58. The molecule has 4 rings (SSSR count). The smallest absolute Gasteiger partial charge is 0.303 e. The van der Waals surface area contributed by atoms with E-state index in [2.05, 4.69) is 13.8 Å². The minimum absolute atomic E-state index is 0.0846. The Labute approximate surface area is 184 Å². The van der Waals surface area contributed by atoms with Gasteiger partial charge in [0, 0.05) is 25.7 Å². The predicted octanol–water partition coefficient (Wildman–Crippen LogP) is 4.03. The van der Waals surface area contributed by atoms with Gasteiger partial charge in [-0.1, -0.05) is 13.8 Å². The summed E-state index contributed by atoms with van der Waals surface area (Å²) in [4.78, 5) is 48.8. The minimum Gasteiger partial charge on any atom is -0.458 e. The van der Waals surface area contributed by atoms with Crippen molar-refractivity contribution in [2.75, 3.05) is 6.61 Å². The molecule has 4 aliphatic rings. The average molecular weight is 433 g/mol. The molecule has 6 heteroatoms. The van der Waals surface area contributed by atoms with E-state index in [0.29, 0.717) is 36.4 Å². The number of Topliss-reactive ketones (excluding diaryl/α,β-unsaturated/α-hetero) is 2. The zero-order chi connectivity index (χ0) is 22.6. The maximum Gasteiger partial charge on any atom is 0.303 e. The van der Waals surface area contributed by atoms with E-state index in [0.717, 1.165) is 44.9 Å². The van der Waals surface area contributed by atoms with Crippen molar-refractivity contribution in [3.8, 4) is 0 Å². The van der Waals surface area contributed by atoms with Crippen LogP contribution >= 0.6 is 0 Å². The van der Waals surface area contributed by atoms with Gasteiger partial charge < -0.3 is 9.47 Å². The van der Waals surface area contributed by atoms with Crippen LogP contribution in [0.2, 0.25) is 0 Å². The Morgan fingerprint density at radius 3 is 2.35 bits per heavy atom. The molecule has 2 unspecified atom stereocenters. The molecule has 172 valence electrons. The number of ether oxygens (including phenoxy) is 2. The number of rotatable bonds is 4. The standard InChI is InChI=1S/C25H36O6/c1-15(26)30-14-22(29)25(31-16(2)27)12-11-23(3)17(13-25)5-6-18-19-7-8-21(28)24(19,4)10-9-20(18)23/h17-20H,5-14H2,1-4H3/t17?,18-,19-,20-,23-,24-,25?/m0/s1. The van der Waals surface area contributed by atoms with Crippen LogP contribution < -0.4 is 0 Å². The summed E-state index contributed by atoms with van der Waals surface area (Å²) in [7, 11) is 0. The van der Waals surface area contributed by atoms with Gasteiger partial charge in [0.25, 0.3) is 0 Å². The second-order valence-electron chi connectivity index (χ2n) is 11.1. The summed E-state index contributed by atoms with van der Waals surface area (Å²) in [6, 6.07) is 0. The van der Waals surface area contributed by atoms with Crippen molar-refractivity contribution in [2.24, 2.45) is 34.5 Å². The molecule has 0 radical (unpaired) electrons. The van der Waals surface area contributed by atoms with Crippen molar-refractivity contribution < 1.29 is 28.7 Å². The van der Waals surface area contributed by atoms with Crippen LogP contribution in [0.1, 0.15) is 85.5 Å². The first-order valence-corrected chi connectivity index (χ1v) is 11.9. The Balaban J connectivity index is 1.56. The molecule has 4 fully saturated rings. The lowest BCUT2D eigenvalue weighted by atomic mass is 9.44. The highest BCUT2D eigenvalue weighted by Gasteiger charge is 2.62. The molecule has 0 N–H and O–H groups in total. The van der Waals surface area contributed by atoms with Gasteiger partial charge in [-0.25, -0.2) is 0 Å². The Morgan fingerprint density at radius 2 is 1.68 bits per heavy atom. The summed E-state index contributed by atoms with van der Waals surface area (Å²) in [5, 5.41) is 0. The normalized spacial score (nSPS) is 43.9. The summed E-state index contributed by atoms with van der Waals surface area (Å²) in [5.41, 5.74) is -1.24. The first-order valence-electron chi connectivity index (χ1n) is 11.9. The summed E-state index contributed by atoms with van der Waals surface area (Å²) in [6.07, 6.45) is 7.65. The molecule has 0 saturated heterocycles. The molecular formula is C25H36O6. The van der Waals surface area contributed by atoms with Gasteiger partial charge >= 0.3 is 11.9 Å². The Morgan fingerprint density at radius 1 is 0.935 bits per heavy atom. The zero-order valence-electron chi connectivity index (χ0n) is 19.3. The quantitative estimate of drug-likeness (QED) is 0.623. The van der Waals surface area contributed by atoms with E-state index >= 15 is 0 Å². The van der Waals surface area contributed by atoms with E-state index in [1.807, 2.05) is 0 Å². The number of hydrogen-bond acceptors (Lipinski definition) is 6. The molecule has 0 heterocycles. The van der Waals surface area contributed by atoms with E-state index < -0.39 is 17.5 Å². The zero-order valence-corrected chi connectivity index (χ0v) is 19.3. The minimum atomic E-state index is -1.19. The van der Waals surface area contributed by atoms with Crippen molar-refractivity contribution in [1.82, 2.24) is 0 Å². The molecule has 6 nitrogen and oxygen atoms in total. The van der Waals surface area contributed by atoms with E-state index in [-0.39, 0.29) is 29.1 Å². The van der Waals surface area contributed by atoms with E-state index in [1.165, 1.54) is 13.8 Å². The van der Waals surface area contributed by atoms with Crippen LogP contribution in [-0.2, 0) is 28.7 Å². The van der Waals surface area contributed by atoms with Crippen LogP contribution in [-0.4, -0.2) is 35.7 Å². The fraction of sp³-hybridized carbons (Fsp3) is 0.840. The molecule has 0 amide bonds. The summed E-state index contributed by atoms with van der Waals surface area (Å²) >= 11 is 0. The number of hydrogen-bond donors (Lipinski definition) is 0. The number of carbonyl (C=O) groups excluding carboxylic acids is 4. The van der Waals surface area contributed by atoms with Crippen LogP contribution in [0.4, 0.5) is 0 Å². The van der Waals surface area contributed by atoms with Crippen molar-refractivity contribution in [3.05, 3.63) is 0 Å². The fourth-order valence-corrected chi connectivity index (χ4v) is 7.98. The summed E-state index contributed by atoms with van der Waals surface area (Å²) < 4.78 is 10.6. The van der Waals surface area contributed by atoms with Gasteiger partial charge in [0.2, 0.25) is 5.78 Å².